The minimum Gasteiger partial charge on any atom is -0.501 e. The fourth-order valence-electron chi connectivity index (χ4n) is 9.74. The Morgan fingerprint density at radius 1 is 0.622 bits per heavy atom. The van der Waals surface area contributed by atoms with Gasteiger partial charge < -0.3 is 18.4 Å². The summed E-state index contributed by atoms with van der Waals surface area (Å²) in [5.41, 5.74) is 13.0. The second kappa shape index (κ2) is 20.0. The Balaban J connectivity index is 0.000000241. The molecule has 0 atom stereocenters. The van der Waals surface area contributed by atoms with Gasteiger partial charge in [0.05, 0.1) is 27.9 Å². The van der Waals surface area contributed by atoms with Crippen LogP contribution in [-0.2, 0) is 26.5 Å². The van der Waals surface area contributed by atoms with Crippen molar-refractivity contribution in [2.75, 3.05) is 0 Å². The third kappa shape index (κ3) is 9.24. The summed E-state index contributed by atoms with van der Waals surface area (Å²) in [4.78, 5) is 9.48. The third-order valence-corrected chi connectivity index (χ3v) is 13.6. The second-order valence-corrected chi connectivity index (χ2v) is 19.6. The van der Waals surface area contributed by atoms with Gasteiger partial charge in [-0.3, -0.25) is 4.98 Å². The summed E-state index contributed by atoms with van der Waals surface area (Å²) in [6.07, 6.45) is -5.62. The van der Waals surface area contributed by atoms with Gasteiger partial charge in [0.2, 0.25) is 0 Å². The fraction of sp³-hybridized carbons (Fsp3) is 0.169. The summed E-state index contributed by atoms with van der Waals surface area (Å²) in [5, 5.41) is 4.38. The van der Waals surface area contributed by atoms with E-state index in [0.717, 1.165) is 108 Å². The van der Waals surface area contributed by atoms with E-state index in [-0.39, 0.29) is 37.5 Å². The standard InChI is InChI=1S/C49H37N2O2.C16H15F3N.Ir/c1-29(2)39-28-40-36-25-23-34(32-16-9-6-10-17-32)27-44(36)53-48(40)45(30(3)4)46(39)51-42-21-12-11-20-41(42)50-49(51)38-19-13-18-37-35-24-22-33(26-43(35)52-47(37)38)31-14-7-5-8-15-31;1-15(2,16(17,18)19)11-12-6-8-13(9-7-12)14-5-3-4-10-20-14;/h5-18,20-30H,1-4H3;3-8,10H,11H2,1-2H3;/q2*-1;/i;11D2;. The maximum Gasteiger partial charge on any atom is 0.393 e. The second-order valence-electron chi connectivity index (χ2n) is 19.6. The fourth-order valence-corrected chi connectivity index (χ4v) is 9.74. The molecule has 0 saturated heterocycles. The van der Waals surface area contributed by atoms with Crippen molar-refractivity contribution in [3.05, 3.63) is 211 Å². The van der Waals surface area contributed by atoms with Gasteiger partial charge in [0.15, 0.2) is 0 Å². The number of nitrogens with zero attached hydrogens (tertiary/aromatic N) is 3. The van der Waals surface area contributed by atoms with Crippen molar-refractivity contribution in [1.82, 2.24) is 14.5 Å². The molecule has 74 heavy (non-hydrogen) atoms. The summed E-state index contributed by atoms with van der Waals surface area (Å²) < 4.78 is 71.2. The molecule has 0 N–H and O–H groups in total. The minimum atomic E-state index is -4.66. The van der Waals surface area contributed by atoms with Crippen LogP contribution in [0.15, 0.2) is 191 Å². The monoisotopic (exact) mass is 1160 g/mol. The normalized spacial score (nSPS) is 12.6. The molecule has 0 fully saturated rings. The van der Waals surface area contributed by atoms with E-state index < -0.39 is 18.0 Å². The van der Waals surface area contributed by atoms with Crippen LogP contribution in [0.25, 0.3) is 105 Å². The van der Waals surface area contributed by atoms with Gasteiger partial charge in [0.1, 0.15) is 16.7 Å². The quantitative estimate of drug-likeness (QED) is 0.135. The molecule has 12 rings (SSSR count). The maximum atomic E-state index is 13.1. The van der Waals surface area contributed by atoms with Gasteiger partial charge in [-0.1, -0.05) is 156 Å². The number of rotatable bonds is 9. The van der Waals surface area contributed by atoms with Crippen molar-refractivity contribution in [3.63, 3.8) is 0 Å². The molecule has 0 aliphatic rings. The Hall–Kier alpha value is -7.58. The molecule has 0 unspecified atom stereocenters. The van der Waals surface area contributed by atoms with E-state index in [1.165, 1.54) is 29.3 Å². The van der Waals surface area contributed by atoms with Crippen LogP contribution in [-0.4, -0.2) is 20.7 Å². The molecule has 12 aromatic rings. The molecule has 0 amide bonds. The zero-order valence-corrected chi connectivity index (χ0v) is 44.0. The largest absolute Gasteiger partial charge is 0.501 e. The molecule has 0 saturated carbocycles. The number of imidazole rings is 1. The van der Waals surface area contributed by atoms with Crippen molar-refractivity contribution >= 4 is 54.9 Å². The molecule has 9 heteroatoms. The zero-order valence-electron chi connectivity index (χ0n) is 43.6. The van der Waals surface area contributed by atoms with E-state index >= 15 is 0 Å². The first kappa shape index (κ1) is 47.4. The zero-order chi connectivity index (χ0) is 52.4. The summed E-state index contributed by atoms with van der Waals surface area (Å²) in [6, 6.07) is 64.7. The van der Waals surface area contributed by atoms with E-state index in [1.807, 2.05) is 12.1 Å². The molecular weight excluding hydrogens is 1100 g/mol. The van der Waals surface area contributed by atoms with Gasteiger partial charge in [0.25, 0.3) is 0 Å². The van der Waals surface area contributed by atoms with Gasteiger partial charge in [-0.15, -0.1) is 53.6 Å². The topological polar surface area (TPSA) is 57.0 Å². The molecule has 5 nitrogen and oxygen atoms in total. The van der Waals surface area contributed by atoms with Crippen LogP contribution in [0.1, 0.15) is 72.8 Å². The Morgan fingerprint density at radius 2 is 1.24 bits per heavy atom. The van der Waals surface area contributed by atoms with E-state index in [1.54, 1.807) is 24.4 Å². The van der Waals surface area contributed by atoms with E-state index in [0.29, 0.717) is 11.3 Å². The van der Waals surface area contributed by atoms with E-state index in [9.17, 15) is 13.2 Å². The first-order valence-corrected chi connectivity index (χ1v) is 24.5. The molecule has 0 aliphatic heterocycles. The van der Waals surface area contributed by atoms with Crippen LogP contribution in [0, 0.1) is 17.5 Å². The molecule has 371 valence electrons. The van der Waals surface area contributed by atoms with E-state index in [4.69, 9.17) is 16.6 Å². The first-order valence-electron chi connectivity index (χ1n) is 25.5. The number of para-hydroxylation sites is 2. The number of aromatic nitrogens is 3. The van der Waals surface area contributed by atoms with Gasteiger partial charge >= 0.3 is 6.18 Å². The molecule has 0 spiro atoms. The third-order valence-electron chi connectivity index (χ3n) is 13.6. The molecular formula is C65H52F3IrN3O2-2. The van der Waals surface area contributed by atoms with Crippen LogP contribution < -0.4 is 0 Å². The van der Waals surface area contributed by atoms with E-state index in [2.05, 4.69) is 177 Å². The molecule has 0 aliphatic carbocycles. The molecule has 0 bridgehead atoms. The van der Waals surface area contributed by atoms with Crippen LogP contribution in [0.2, 0.25) is 0 Å². The Labute approximate surface area is 444 Å². The maximum absolute atomic E-state index is 13.1. The summed E-state index contributed by atoms with van der Waals surface area (Å²) >= 11 is 0. The minimum absolute atomic E-state index is 0. The number of halogens is 3. The predicted octanol–water partition coefficient (Wildman–Crippen LogP) is 18.5. The summed E-state index contributed by atoms with van der Waals surface area (Å²) in [5.74, 6) is 1.17. The van der Waals surface area contributed by atoms with Crippen LogP contribution in [0.3, 0.4) is 0 Å². The van der Waals surface area contributed by atoms with Crippen molar-refractivity contribution in [2.45, 2.75) is 65.9 Å². The smallest absolute Gasteiger partial charge is 0.393 e. The average Bonchev–Trinajstić information content (AvgIpc) is 4.24. The Morgan fingerprint density at radius 3 is 1.84 bits per heavy atom. The number of furan rings is 2. The first-order chi connectivity index (χ1) is 36.0. The SMILES string of the molecule is CC(C)c1cc2c(oc3cc(-c4ccccc4)ccc32)c(C(C)C)c1-n1c(-c2[c-]ccc3c2oc2cc(-c4ccccc4)ccc23)nc2ccccc21.[2H]C([2H])(c1c[c-]c(-c2ccccn2)cc1)C(C)(C)C(F)(F)F.[Ir]. The van der Waals surface area contributed by atoms with Crippen molar-refractivity contribution in [2.24, 2.45) is 5.41 Å². The molecule has 4 heterocycles. The van der Waals surface area contributed by atoms with Gasteiger partial charge in [-0.05, 0) is 94.2 Å². The van der Waals surface area contributed by atoms with Crippen LogP contribution >= 0.6 is 0 Å². The predicted molar refractivity (Wildman–Crippen MR) is 291 cm³/mol. The number of pyridine rings is 1. The Bertz CT molecular complexity index is 4050. The van der Waals surface area contributed by atoms with Crippen molar-refractivity contribution < 1.29 is 44.9 Å². The summed E-state index contributed by atoms with van der Waals surface area (Å²) in [7, 11) is 0. The average molecular weight is 1160 g/mol. The van der Waals surface area contributed by atoms with Crippen molar-refractivity contribution in [1.29, 1.82) is 0 Å². The molecule has 4 aromatic heterocycles. The number of benzene rings is 8. The number of alkyl halides is 3. The molecule has 8 aromatic carbocycles. The Kier molecular flexibility index (Phi) is 12.8. The molecule has 1 radical (unpaired) electrons. The number of hydrogen-bond acceptors (Lipinski definition) is 4. The number of hydrogen-bond donors (Lipinski definition) is 0. The van der Waals surface area contributed by atoms with Crippen LogP contribution in [0.4, 0.5) is 13.2 Å². The van der Waals surface area contributed by atoms with Gasteiger partial charge in [0, 0.05) is 56.5 Å². The van der Waals surface area contributed by atoms with Crippen LogP contribution in [0.5, 0.6) is 0 Å². The van der Waals surface area contributed by atoms with Gasteiger partial charge in [-0.2, -0.15) is 13.2 Å². The number of fused-ring (bicyclic) bond motifs is 7. The van der Waals surface area contributed by atoms with Crippen molar-refractivity contribution in [3.8, 4) is 50.6 Å². The van der Waals surface area contributed by atoms with Gasteiger partial charge in [-0.25, -0.2) is 0 Å². The summed E-state index contributed by atoms with van der Waals surface area (Å²) in [6.45, 7) is 10.8.